The molecule has 3 fully saturated rings. The van der Waals surface area contributed by atoms with Crippen LogP contribution in [0.15, 0.2) is 0 Å². The van der Waals surface area contributed by atoms with Gasteiger partial charge in [0.15, 0.2) is 18.9 Å². The number of cyclic esters (lactones) is 1. The molecule has 17 nitrogen and oxygen atoms in total. The van der Waals surface area contributed by atoms with Gasteiger partial charge in [-0.15, -0.1) is 0 Å². The summed E-state index contributed by atoms with van der Waals surface area (Å²) in [6, 6.07) is -0.735. The molecule has 0 saturated carbocycles. The Hall–Kier alpha value is -1.42. The predicted octanol–water partition coefficient (Wildman–Crippen LogP) is 1.26. The van der Waals surface area contributed by atoms with E-state index in [1.165, 1.54) is 28.4 Å². The quantitative estimate of drug-likeness (QED) is 0.130. The molecule has 0 bridgehead atoms. The van der Waals surface area contributed by atoms with Gasteiger partial charge in [-0.3, -0.25) is 9.59 Å². The first-order chi connectivity index (χ1) is 27.3. The van der Waals surface area contributed by atoms with Crippen molar-refractivity contribution in [2.45, 2.75) is 172 Å². The fourth-order valence-electron chi connectivity index (χ4n) is 8.79. The van der Waals surface area contributed by atoms with Gasteiger partial charge in [-0.1, -0.05) is 27.7 Å². The lowest BCUT2D eigenvalue weighted by Gasteiger charge is -2.47. The second-order valence-electron chi connectivity index (χ2n) is 16.9. The number of hydrogen-bond acceptors (Lipinski definition) is 17. The van der Waals surface area contributed by atoms with Gasteiger partial charge in [0.25, 0.3) is 0 Å². The number of likely N-dealkylation sites (N-methyl/N-ethyl adjacent to an activating group) is 1. The number of nitrogens with zero attached hydrogens (tertiary/aromatic N) is 1. The Kier molecular flexibility index (Phi) is 20.8. The number of hydrogen-bond donors (Lipinski definition) is 5. The Labute approximate surface area is 344 Å². The maximum atomic E-state index is 13.9. The first-order valence-electron chi connectivity index (χ1n) is 20.8. The number of carbonyl (C=O) groups is 2. The van der Waals surface area contributed by atoms with Crippen LogP contribution in [0.2, 0.25) is 0 Å². The zero-order valence-corrected chi connectivity index (χ0v) is 36.7. The highest BCUT2D eigenvalue weighted by Crippen LogP contribution is 2.37. The van der Waals surface area contributed by atoms with Crippen LogP contribution in [-0.2, 0) is 52.2 Å². The van der Waals surface area contributed by atoms with E-state index in [0.717, 1.165) is 0 Å². The van der Waals surface area contributed by atoms with Gasteiger partial charge in [0.05, 0.1) is 55.7 Å². The lowest BCUT2D eigenvalue weighted by Crippen LogP contribution is -2.63. The summed E-state index contributed by atoms with van der Waals surface area (Å²) in [4.78, 5) is 29.4. The second kappa shape index (κ2) is 23.7. The van der Waals surface area contributed by atoms with E-state index in [9.17, 15) is 35.1 Å². The van der Waals surface area contributed by atoms with E-state index in [4.69, 9.17) is 42.6 Å². The van der Waals surface area contributed by atoms with Crippen LogP contribution in [0.3, 0.4) is 0 Å². The normalized spacial score (nSPS) is 43.1. The lowest BCUT2D eigenvalue weighted by atomic mass is 9.78. The predicted molar refractivity (Wildman–Crippen MR) is 209 cm³/mol. The third kappa shape index (κ3) is 12.8. The van der Waals surface area contributed by atoms with Gasteiger partial charge in [-0.05, 0) is 59.0 Å². The van der Waals surface area contributed by atoms with E-state index in [0.29, 0.717) is 6.42 Å². The maximum Gasteiger partial charge on any atom is 0.308 e. The summed E-state index contributed by atoms with van der Waals surface area (Å²) in [6.07, 6.45) is -12.5. The summed E-state index contributed by atoms with van der Waals surface area (Å²) in [7, 11) is 9.36. The Morgan fingerprint density at radius 3 is 1.97 bits per heavy atom. The van der Waals surface area contributed by atoms with Crippen LogP contribution in [0.25, 0.3) is 0 Å². The first-order valence-corrected chi connectivity index (χ1v) is 20.8. The van der Waals surface area contributed by atoms with Crippen LogP contribution in [0.1, 0.15) is 80.1 Å². The zero-order chi connectivity index (χ0) is 43.6. The Balaban J connectivity index is 2.00. The average molecular weight is 838 g/mol. The molecule has 0 aromatic rings. The van der Waals surface area contributed by atoms with Crippen molar-refractivity contribution in [3.05, 3.63) is 0 Å². The fraction of sp³-hybridized carbons (Fsp3) is 0.951. The molecule has 0 amide bonds. The van der Waals surface area contributed by atoms with E-state index in [2.05, 4.69) is 0 Å². The SMILES string of the molecule is CC[C@H]1OC(=O)C[C@@H](O)[C@@H](C)[C@@H](O[C@@H]2O[C@H](C)[C@@H](O)[C@H](N(C)C)[C@H]2O)[C@@H](CC(OC)OC)C[C@@H](C)C(=O)CCC(C)[C@@H](O)[C@@H]1CO[C@@H]1O[C@H](C)[C@@H](O)[C@@H](OC)[C@H]1OC. The second-order valence-corrected chi connectivity index (χ2v) is 16.9. The van der Waals surface area contributed by atoms with Crippen molar-refractivity contribution in [1.82, 2.24) is 4.90 Å². The molecular weight excluding hydrogens is 762 g/mol. The molecule has 0 spiro atoms. The van der Waals surface area contributed by atoms with Gasteiger partial charge in [0.1, 0.15) is 36.3 Å². The first kappa shape index (κ1) is 50.9. The smallest absolute Gasteiger partial charge is 0.308 e. The summed E-state index contributed by atoms with van der Waals surface area (Å²) in [6.45, 7) is 10.4. The standard InChI is InChI=1S/C41H75NO16/c1-13-29-26(19-54-41-39(53-12)38(52-11)35(48)24(6)56-41)33(46)20(2)14-15-27(43)21(3)16-25(17-31(50-9)51-10)37(22(4)28(44)18-30(45)57-29)58-40-36(49)32(42(7)8)34(47)23(5)55-40/h20-26,28-29,31-41,44,46-49H,13-19H2,1-12H3/t20?,21-,22-,23-,24-,25-,26-,28-,29-,32+,33-,34-,35-,36-,37-,38-,39-,40+,41-/m1/s1. The average Bonchev–Trinajstić information content (AvgIpc) is 3.18. The number of aliphatic hydroxyl groups excluding tert-OH is 5. The molecule has 17 heteroatoms. The van der Waals surface area contributed by atoms with Crippen molar-refractivity contribution < 1.29 is 77.8 Å². The number of ketones is 1. The molecule has 5 N–H and O–H groups in total. The monoisotopic (exact) mass is 838 g/mol. The molecule has 1 unspecified atom stereocenters. The number of methoxy groups -OCH3 is 4. The lowest BCUT2D eigenvalue weighted by molar-refractivity contribution is -0.307. The van der Waals surface area contributed by atoms with Crippen LogP contribution in [-0.4, -0.2) is 183 Å². The molecule has 0 radical (unpaired) electrons. The van der Waals surface area contributed by atoms with Crippen molar-refractivity contribution in [1.29, 1.82) is 0 Å². The largest absolute Gasteiger partial charge is 0.462 e. The molecular formula is C41H75NO16. The molecule has 58 heavy (non-hydrogen) atoms. The number of aliphatic hydroxyl groups is 5. The topological polar surface area (TPSA) is 222 Å². The summed E-state index contributed by atoms with van der Waals surface area (Å²) in [5, 5.41) is 56.7. The van der Waals surface area contributed by atoms with Crippen LogP contribution in [0.5, 0.6) is 0 Å². The van der Waals surface area contributed by atoms with Crippen molar-refractivity contribution in [2.24, 2.45) is 29.6 Å². The minimum absolute atomic E-state index is 0.0455. The number of esters is 1. The highest BCUT2D eigenvalue weighted by atomic mass is 16.7. The van der Waals surface area contributed by atoms with E-state index >= 15 is 0 Å². The van der Waals surface area contributed by atoms with Crippen molar-refractivity contribution >= 4 is 11.8 Å². The van der Waals surface area contributed by atoms with Crippen LogP contribution in [0, 0.1) is 29.6 Å². The number of rotatable bonds is 13. The summed E-state index contributed by atoms with van der Waals surface area (Å²) >= 11 is 0. The van der Waals surface area contributed by atoms with Crippen LogP contribution >= 0.6 is 0 Å². The van der Waals surface area contributed by atoms with E-state index in [1.54, 1.807) is 39.8 Å². The Morgan fingerprint density at radius 1 is 0.793 bits per heavy atom. The molecule has 19 atom stereocenters. The molecule has 3 saturated heterocycles. The molecule has 340 valence electrons. The van der Waals surface area contributed by atoms with E-state index < -0.39 is 134 Å². The van der Waals surface area contributed by atoms with Gasteiger partial charge in [0.2, 0.25) is 0 Å². The van der Waals surface area contributed by atoms with Gasteiger partial charge in [-0.25, -0.2) is 0 Å². The molecule has 0 aromatic carbocycles. The molecule has 3 heterocycles. The molecule has 3 aliphatic rings. The van der Waals surface area contributed by atoms with Crippen LogP contribution in [0.4, 0.5) is 0 Å². The van der Waals surface area contributed by atoms with E-state index in [1.807, 2.05) is 20.8 Å². The van der Waals surface area contributed by atoms with Crippen molar-refractivity contribution in [3.63, 3.8) is 0 Å². The van der Waals surface area contributed by atoms with Gasteiger partial charge >= 0.3 is 5.97 Å². The molecule has 3 rings (SSSR count). The fourth-order valence-corrected chi connectivity index (χ4v) is 8.79. The minimum atomic E-state index is -1.33. The maximum absolute atomic E-state index is 13.9. The number of carbonyl (C=O) groups excluding carboxylic acids is 2. The summed E-state index contributed by atoms with van der Waals surface area (Å²) in [5.74, 6) is -3.78. The third-order valence-electron chi connectivity index (χ3n) is 12.7. The van der Waals surface area contributed by atoms with Gasteiger partial charge in [-0.2, -0.15) is 0 Å². The van der Waals surface area contributed by atoms with Crippen LogP contribution < -0.4 is 0 Å². The number of Topliss-reactive ketones (excluding diaryl/α,β-unsaturated/α-hetero) is 1. The third-order valence-corrected chi connectivity index (χ3v) is 12.7. The number of ether oxygens (including phenoxy) is 9. The highest BCUT2D eigenvalue weighted by Gasteiger charge is 2.49. The highest BCUT2D eigenvalue weighted by molar-refractivity contribution is 5.80. The molecule has 0 aliphatic carbocycles. The van der Waals surface area contributed by atoms with Crippen molar-refractivity contribution in [2.75, 3.05) is 49.1 Å². The summed E-state index contributed by atoms with van der Waals surface area (Å²) in [5.41, 5.74) is 0. The summed E-state index contributed by atoms with van der Waals surface area (Å²) < 4.78 is 53.2. The Bertz CT molecular complexity index is 1230. The van der Waals surface area contributed by atoms with E-state index in [-0.39, 0.29) is 38.1 Å². The molecule has 3 aliphatic heterocycles. The van der Waals surface area contributed by atoms with Crippen molar-refractivity contribution in [3.8, 4) is 0 Å². The zero-order valence-electron chi connectivity index (χ0n) is 36.7. The Morgan fingerprint density at radius 2 is 1.40 bits per heavy atom. The van der Waals surface area contributed by atoms with Gasteiger partial charge in [0, 0.05) is 59.0 Å². The van der Waals surface area contributed by atoms with Gasteiger partial charge < -0.3 is 73.1 Å². The minimum Gasteiger partial charge on any atom is -0.462 e. The molecule has 0 aromatic heterocycles.